The highest BCUT2D eigenvalue weighted by Gasteiger charge is 2.31. The van der Waals surface area contributed by atoms with Gasteiger partial charge in [-0.2, -0.15) is 4.31 Å². The zero-order valence-electron chi connectivity index (χ0n) is 18.2. The summed E-state index contributed by atoms with van der Waals surface area (Å²) in [7, 11) is -3.31. The summed E-state index contributed by atoms with van der Waals surface area (Å²) < 4.78 is 33.9. The first-order chi connectivity index (χ1) is 14.8. The maximum absolute atomic E-state index is 12.6. The molecule has 1 aromatic heterocycles. The maximum Gasteiger partial charge on any atom is 0.273 e. The van der Waals surface area contributed by atoms with Crippen molar-refractivity contribution in [2.45, 2.75) is 57.9 Å². The number of hydrogen-bond acceptors (Lipinski definition) is 6. The first kappa shape index (κ1) is 21.9. The van der Waals surface area contributed by atoms with E-state index in [1.54, 1.807) is 22.8 Å². The quantitative estimate of drug-likeness (QED) is 0.721. The smallest absolute Gasteiger partial charge is 0.273 e. The van der Waals surface area contributed by atoms with Crippen LogP contribution in [0.5, 0.6) is 0 Å². The van der Waals surface area contributed by atoms with Gasteiger partial charge in [-0.05, 0) is 57.2 Å². The van der Waals surface area contributed by atoms with Gasteiger partial charge >= 0.3 is 0 Å². The molecule has 168 valence electrons. The Labute approximate surface area is 182 Å². The normalized spacial score (nSPS) is 19.5. The molecule has 31 heavy (non-hydrogen) atoms. The average Bonchev–Trinajstić information content (AvgIpc) is 3.40. The number of aromatic nitrogens is 3. The van der Waals surface area contributed by atoms with Gasteiger partial charge in [0.25, 0.3) is 5.91 Å². The van der Waals surface area contributed by atoms with Gasteiger partial charge in [0.2, 0.25) is 10.0 Å². The third kappa shape index (κ3) is 4.24. The van der Waals surface area contributed by atoms with E-state index in [9.17, 15) is 13.2 Å². The molecule has 4 rings (SSSR count). The summed E-state index contributed by atoms with van der Waals surface area (Å²) in [5.41, 5.74) is 3.76. The molecule has 0 aliphatic carbocycles. The van der Waals surface area contributed by atoms with Crippen molar-refractivity contribution in [3.63, 3.8) is 0 Å². The van der Waals surface area contributed by atoms with E-state index >= 15 is 0 Å². The molecule has 0 unspecified atom stereocenters. The highest BCUT2D eigenvalue weighted by atomic mass is 32.2. The Balaban J connectivity index is 1.56. The number of hydrogen-bond donors (Lipinski definition) is 1. The van der Waals surface area contributed by atoms with Gasteiger partial charge in [0.15, 0.2) is 5.69 Å². The second kappa shape index (κ2) is 8.68. The van der Waals surface area contributed by atoms with Crippen molar-refractivity contribution in [3.8, 4) is 5.69 Å². The molecular weight excluding hydrogens is 418 g/mol. The van der Waals surface area contributed by atoms with Crippen molar-refractivity contribution in [2.75, 3.05) is 19.7 Å². The summed E-state index contributed by atoms with van der Waals surface area (Å²) in [4.78, 5) is 12.6. The fraction of sp³-hybridized carbons (Fsp3) is 0.571. The zero-order chi connectivity index (χ0) is 22.2. The predicted molar refractivity (Wildman–Crippen MR) is 116 cm³/mol. The Morgan fingerprint density at radius 1 is 1.35 bits per heavy atom. The summed E-state index contributed by atoms with van der Waals surface area (Å²) in [5, 5.41) is 10.8. The van der Waals surface area contributed by atoms with Crippen molar-refractivity contribution in [3.05, 3.63) is 40.7 Å². The standard InChI is InChI=1S/C21H29N5O4S/c1-14(2)31(28,29)25-10-9-18-16(13-25)6-4-8-19(18)26-15(3)20(23-24-26)21(27)22-12-17-7-5-11-30-17/h4,6,8,14,17H,5,7,9-13H2,1-3H3,(H,22,27)/t17-/m0/s1. The number of nitrogens with one attached hydrogen (secondary N) is 1. The molecule has 0 bridgehead atoms. The minimum Gasteiger partial charge on any atom is -0.376 e. The molecule has 1 atom stereocenters. The van der Waals surface area contributed by atoms with Crippen molar-refractivity contribution in [2.24, 2.45) is 0 Å². The largest absolute Gasteiger partial charge is 0.376 e. The van der Waals surface area contributed by atoms with Crippen LogP contribution < -0.4 is 5.32 Å². The Morgan fingerprint density at radius 2 is 2.16 bits per heavy atom. The van der Waals surface area contributed by atoms with E-state index in [1.165, 1.54) is 0 Å². The fourth-order valence-corrected chi connectivity index (χ4v) is 5.40. The molecule has 9 nitrogen and oxygen atoms in total. The van der Waals surface area contributed by atoms with Crippen LogP contribution in [0, 0.1) is 6.92 Å². The van der Waals surface area contributed by atoms with Gasteiger partial charge in [-0.1, -0.05) is 17.3 Å². The molecule has 2 aliphatic rings. The van der Waals surface area contributed by atoms with Crippen LogP contribution >= 0.6 is 0 Å². The number of benzene rings is 1. The summed E-state index contributed by atoms with van der Waals surface area (Å²) in [5.74, 6) is -0.266. The minimum atomic E-state index is -3.31. The number of carbonyl (C=O) groups excluding carboxylic acids is 1. The van der Waals surface area contributed by atoms with Crippen molar-refractivity contribution >= 4 is 15.9 Å². The third-order valence-electron chi connectivity index (χ3n) is 6.01. The van der Waals surface area contributed by atoms with Gasteiger partial charge in [0.1, 0.15) is 0 Å². The highest BCUT2D eigenvalue weighted by Crippen LogP contribution is 2.28. The monoisotopic (exact) mass is 447 g/mol. The summed E-state index contributed by atoms with van der Waals surface area (Å²) in [6.07, 6.45) is 2.61. The van der Waals surface area contributed by atoms with Gasteiger partial charge in [-0.3, -0.25) is 4.79 Å². The SMILES string of the molecule is Cc1c(C(=O)NC[C@@H]2CCCO2)nnn1-c1cccc2c1CCN(S(=O)(=O)C(C)C)C2. The van der Waals surface area contributed by atoms with Crippen LogP contribution in [0.4, 0.5) is 0 Å². The number of sulfonamides is 1. The Hall–Kier alpha value is -2.30. The number of fused-ring (bicyclic) bond motifs is 1. The molecule has 1 N–H and O–H groups in total. The second-order valence-electron chi connectivity index (χ2n) is 8.37. The molecule has 2 aliphatic heterocycles. The molecule has 1 fully saturated rings. The van der Waals surface area contributed by atoms with Crippen LogP contribution in [0.15, 0.2) is 18.2 Å². The second-order valence-corrected chi connectivity index (χ2v) is 10.9. The number of carbonyl (C=O) groups is 1. The van der Waals surface area contributed by atoms with Crippen LogP contribution in [-0.2, 0) is 27.7 Å². The van der Waals surface area contributed by atoms with Gasteiger partial charge in [-0.15, -0.1) is 5.10 Å². The molecule has 1 amide bonds. The molecular formula is C21H29N5O4S. The summed E-state index contributed by atoms with van der Waals surface area (Å²) >= 11 is 0. The van der Waals surface area contributed by atoms with E-state index in [0.29, 0.717) is 31.7 Å². The van der Waals surface area contributed by atoms with Crippen LogP contribution in [0.1, 0.15) is 54.0 Å². The van der Waals surface area contributed by atoms with Crippen LogP contribution in [0.3, 0.4) is 0 Å². The topological polar surface area (TPSA) is 106 Å². The van der Waals surface area contributed by atoms with Crippen molar-refractivity contribution in [1.29, 1.82) is 0 Å². The lowest BCUT2D eigenvalue weighted by molar-refractivity contribution is 0.0853. The third-order valence-corrected chi connectivity index (χ3v) is 8.24. The van der Waals surface area contributed by atoms with E-state index in [1.807, 2.05) is 25.1 Å². The first-order valence-electron chi connectivity index (χ1n) is 10.7. The lowest BCUT2D eigenvalue weighted by Gasteiger charge is -2.30. The van der Waals surface area contributed by atoms with E-state index in [0.717, 1.165) is 36.3 Å². The predicted octanol–water partition coefficient (Wildman–Crippen LogP) is 1.58. The van der Waals surface area contributed by atoms with Gasteiger partial charge in [0.05, 0.1) is 22.7 Å². The Bertz CT molecular complexity index is 1070. The van der Waals surface area contributed by atoms with Crippen LogP contribution in [0.2, 0.25) is 0 Å². The summed E-state index contributed by atoms with van der Waals surface area (Å²) in [6.45, 7) is 7.19. The van der Waals surface area contributed by atoms with Crippen molar-refractivity contribution < 1.29 is 17.9 Å². The summed E-state index contributed by atoms with van der Waals surface area (Å²) in [6, 6.07) is 5.77. The number of ether oxygens (including phenoxy) is 1. The van der Waals surface area contributed by atoms with Gasteiger partial charge < -0.3 is 10.1 Å². The maximum atomic E-state index is 12.6. The fourth-order valence-electron chi connectivity index (χ4n) is 4.14. The van der Waals surface area contributed by atoms with E-state index in [2.05, 4.69) is 15.6 Å². The lowest BCUT2D eigenvalue weighted by atomic mass is 9.99. The molecule has 0 spiro atoms. The number of amides is 1. The Kier molecular flexibility index (Phi) is 6.14. The molecule has 0 radical (unpaired) electrons. The molecule has 1 aromatic carbocycles. The van der Waals surface area contributed by atoms with Crippen LogP contribution in [-0.4, -0.2) is 64.7 Å². The van der Waals surface area contributed by atoms with Crippen molar-refractivity contribution in [1.82, 2.24) is 24.6 Å². The molecule has 10 heteroatoms. The highest BCUT2D eigenvalue weighted by molar-refractivity contribution is 7.89. The molecule has 2 aromatic rings. The van der Waals surface area contributed by atoms with Gasteiger partial charge in [-0.25, -0.2) is 13.1 Å². The zero-order valence-corrected chi connectivity index (χ0v) is 19.0. The molecule has 3 heterocycles. The van der Waals surface area contributed by atoms with E-state index in [-0.39, 0.29) is 17.7 Å². The van der Waals surface area contributed by atoms with Crippen LogP contribution in [0.25, 0.3) is 5.69 Å². The van der Waals surface area contributed by atoms with Gasteiger partial charge in [0, 0.05) is 26.2 Å². The average molecular weight is 448 g/mol. The number of rotatable bonds is 6. The Morgan fingerprint density at radius 3 is 2.87 bits per heavy atom. The number of nitrogens with zero attached hydrogens (tertiary/aromatic N) is 4. The minimum absolute atomic E-state index is 0.0607. The van der Waals surface area contributed by atoms with E-state index < -0.39 is 15.3 Å². The van der Waals surface area contributed by atoms with E-state index in [4.69, 9.17) is 4.74 Å². The lowest BCUT2D eigenvalue weighted by Crippen LogP contribution is -2.40. The molecule has 0 saturated carbocycles. The molecule has 1 saturated heterocycles. The first-order valence-corrected chi connectivity index (χ1v) is 12.2.